The highest BCUT2D eigenvalue weighted by atomic mass is 16.6. The second-order valence-electron chi connectivity index (χ2n) is 7.21. The molecule has 0 bridgehead atoms. The number of nitrogens with one attached hydrogen (secondary N) is 1. The zero-order valence-corrected chi connectivity index (χ0v) is 19.7. The molecule has 2 heterocycles. The number of carbonyl (C=O) groups excluding carboxylic acids is 1. The first-order valence-electron chi connectivity index (χ1n) is 10.8. The summed E-state index contributed by atoms with van der Waals surface area (Å²) in [5, 5.41) is 15.1. The van der Waals surface area contributed by atoms with Gasteiger partial charge in [-0.3, -0.25) is 14.9 Å². The minimum absolute atomic E-state index is 0.0134. The topological polar surface area (TPSA) is 142 Å². The fraction of sp³-hybridized carbons (Fsp3) is 0.348. The van der Waals surface area contributed by atoms with Crippen molar-refractivity contribution in [2.24, 2.45) is 0 Å². The molecule has 0 saturated heterocycles. The number of rotatable bonds is 13. The maximum atomic E-state index is 12.1. The molecule has 0 aliphatic heterocycles. The molecule has 0 saturated carbocycles. The van der Waals surface area contributed by atoms with Crippen LogP contribution in [0, 0.1) is 10.1 Å². The first-order valence-corrected chi connectivity index (χ1v) is 10.8. The van der Waals surface area contributed by atoms with E-state index >= 15 is 0 Å². The Labute approximate surface area is 202 Å². The van der Waals surface area contributed by atoms with Gasteiger partial charge in [-0.2, -0.15) is 0 Å². The number of carbonyl (C=O) groups is 1. The highest BCUT2D eigenvalue weighted by Crippen LogP contribution is 2.35. The quantitative estimate of drug-likeness (QED) is 0.216. The number of anilines is 2. The molecule has 2 aromatic heterocycles. The molecule has 3 rings (SSSR count). The number of aromatic nitrogens is 2. The fourth-order valence-corrected chi connectivity index (χ4v) is 3.48. The van der Waals surface area contributed by atoms with Crippen molar-refractivity contribution in [1.29, 1.82) is 0 Å². The van der Waals surface area contributed by atoms with E-state index < -0.39 is 10.9 Å². The number of hydrogen-bond acceptors (Lipinski definition) is 11. The molecule has 3 aromatic rings. The van der Waals surface area contributed by atoms with Crippen LogP contribution >= 0.6 is 0 Å². The summed E-state index contributed by atoms with van der Waals surface area (Å²) in [7, 11) is 3.04. The first kappa shape index (κ1) is 25.3. The van der Waals surface area contributed by atoms with Crippen LogP contribution in [-0.2, 0) is 22.6 Å². The summed E-state index contributed by atoms with van der Waals surface area (Å²) in [5.41, 5.74) is 0.390. The smallest absolute Gasteiger partial charge is 0.353 e. The Morgan fingerprint density at radius 3 is 2.69 bits per heavy atom. The van der Waals surface area contributed by atoms with Crippen molar-refractivity contribution in [3.8, 4) is 11.5 Å². The van der Waals surface area contributed by atoms with Gasteiger partial charge in [0.05, 0.1) is 45.0 Å². The molecule has 1 N–H and O–H groups in total. The molecule has 12 heteroatoms. The van der Waals surface area contributed by atoms with E-state index in [2.05, 4.69) is 15.3 Å². The number of furan rings is 1. The van der Waals surface area contributed by atoms with Crippen molar-refractivity contribution < 1.29 is 28.3 Å². The average molecular weight is 485 g/mol. The second kappa shape index (κ2) is 12.2. The Bertz CT molecular complexity index is 1140. The van der Waals surface area contributed by atoms with Crippen molar-refractivity contribution in [2.45, 2.75) is 26.4 Å². The Kier molecular flexibility index (Phi) is 8.82. The van der Waals surface area contributed by atoms with Gasteiger partial charge >= 0.3 is 11.7 Å². The summed E-state index contributed by atoms with van der Waals surface area (Å²) in [4.78, 5) is 33.4. The predicted octanol–water partition coefficient (Wildman–Crippen LogP) is 3.57. The van der Waals surface area contributed by atoms with Gasteiger partial charge in [-0.15, -0.1) is 0 Å². The second-order valence-corrected chi connectivity index (χ2v) is 7.21. The Balaban J connectivity index is 1.92. The highest BCUT2D eigenvalue weighted by molar-refractivity contribution is 5.73. The molecule has 1 aromatic carbocycles. The van der Waals surface area contributed by atoms with Gasteiger partial charge in [0.15, 0.2) is 11.5 Å². The summed E-state index contributed by atoms with van der Waals surface area (Å²) in [5.74, 6) is 1.24. The van der Waals surface area contributed by atoms with Gasteiger partial charge in [0.1, 0.15) is 12.1 Å². The molecule has 0 spiro atoms. The van der Waals surface area contributed by atoms with Crippen LogP contribution < -0.4 is 19.7 Å². The molecule has 12 nitrogen and oxygen atoms in total. The maximum Gasteiger partial charge on any atom is 0.353 e. The maximum absolute atomic E-state index is 12.1. The zero-order chi connectivity index (χ0) is 25.2. The normalized spacial score (nSPS) is 10.5. The van der Waals surface area contributed by atoms with Crippen LogP contribution in [0.1, 0.15) is 24.7 Å². The van der Waals surface area contributed by atoms with Crippen LogP contribution in [0.5, 0.6) is 11.5 Å². The lowest BCUT2D eigenvalue weighted by Gasteiger charge is -2.22. The van der Waals surface area contributed by atoms with Gasteiger partial charge < -0.3 is 28.8 Å². The number of hydrogen-bond donors (Lipinski definition) is 1. The zero-order valence-electron chi connectivity index (χ0n) is 19.7. The molecule has 0 aliphatic carbocycles. The number of methoxy groups -OCH3 is 2. The molecule has 186 valence electrons. The third-order valence-corrected chi connectivity index (χ3v) is 5.03. The molecular weight excluding hydrogens is 458 g/mol. The lowest BCUT2D eigenvalue weighted by atomic mass is 10.2. The van der Waals surface area contributed by atoms with Crippen molar-refractivity contribution in [3.63, 3.8) is 0 Å². The number of ether oxygens (including phenoxy) is 3. The van der Waals surface area contributed by atoms with E-state index in [4.69, 9.17) is 18.6 Å². The summed E-state index contributed by atoms with van der Waals surface area (Å²) < 4.78 is 21.2. The molecule has 0 fully saturated rings. The number of esters is 1. The van der Waals surface area contributed by atoms with E-state index in [0.29, 0.717) is 17.3 Å². The molecule has 0 amide bonds. The summed E-state index contributed by atoms with van der Waals surface area (Å²) in [6.45, 7) is 2.42. The standard InChI is InChI=1S/C23H27N5O7/c1-4-34-19(29)10-11-27(14-17-8-6-12-35-17)23-20(28(30)31)22(25-15-26-23)24-13-16-7-5-9-18(32-2)21(16)33-3/h5-9,12,15H,4,10-11,13-14H2,1-3H3,(H,24,25,26). The first-order chi connectivity index (χ1) is 17.0. The van der Waals surface area contributed by atoms with E-state index in [1.807, 2.05) is 6.07 Å². The van der Waals surface area contributed by atoms with E-state index in [1.165, 1.54) is 26.8 Å². The lowest BCUT2D eigenvalue weighted by molar-refractivity contribution is -0.383. The fourth-order valence-electron chi connectivity index (χ4n) is 3.48. The third-order valence-electron chi connectivity index (χ3n) is 5.03. The highest BCUT2D eigenvalue weighted by Gasteiger charge is 2.28. The summed E-state index contributed by atoms with van der Waals surface area (Å²) >= 11 is 0. The van der Waals surface area contributed by atoms with E-state index in [-0.39, 0.29) is 50.0 Å². The summed E-state index contributed by atoms with van der Waals surface area (Å²) in [6, 6.07) is 8.80. The molecule has 0 radical (unpaired) electrons. The molecule has 0 unspecified atom stereocenters. The van der Waals surface area contributed by atoms with Crippen LogP contribution in [0.15, 0.2) is 47.3 Å². The van der Waals surface area contributed by atoms with Crippen LogP contribution in [0.25, 0.3) is 0 Å². The Morgan fingerprint density at radius 1 is 1.20 bits per heavy atom. The van der Waals surface area contributed by atoms with Crippen LogP contribution in [-0.4, -0.2) is 48.2 Å². The average Bonchev–Trinajstić information content (AvgIpc) is 3.37. The Hall–Kier alpha value is -4.35. The van der Waals surface area contributed by atoms with Crippen molar-refractivity contribution in [2.75, 3.05) is 37.6 Å². The minimum atomic E-state index is -0.556. The van der Waals surface area contributed by atoms with E-state index in [1.54, 1.807) is 36.1 Å². The van der Waals surface area contributed by atoms with Gasteiger partial charge in [-0.25, -0.2) is 9.97 Å². The van der Waals surface area contributed by atoms with Gasteiger partial charge in [-0.1, -0.05) is 12.1 Å². The third kappa shape index (κ3) is 6.37. The molecule has 35 heavy (non-hydrogen) atoms. The van der Waals surface area contributed by atoms with Crippen molar-refractivity contribution >= 4 is 23.3 Å². The van der Waals surface area contributed by atoms with Gasteiger partial charge in [-0.05, 0) is 25.1 Å². The van der Waals surface area contributed by atoms with Gasteiger partial charge in [0.2, 0.25) is 11.6 Å². The van der Waals surface area contributed by atoms with Crippen molar-refractivity contribution in [1.82, 2.24) is 9.97 Å². The summed E-state index contributed by atoms with van der Waals surface area (Å²) in [6.07, 6.45) is 2.74. The monoisotopic (exact) mass is 485 g/mol. The molecular formula is C23H27N5O7. The van der Waals surface area contributed by atoms with Crippen LogP contribution in [0.3, 0.4) is 0 Å². The number of nitrogens with zero attached hydrogens (tertiary/aromatic N) is 4. The van der Waals surface area contributed by atoms with E-state index in [0.717, 1.165) is 5.56 Å². The lowest BCUT2D eigenvalue weighted by Crippen LogP contribution is -2.28. The minimum Gasteiger partial charge on any atom is -0.493 e. The number of para-hydroxylation sites is 1. The van der Waals surface area contributed by atoms with E-state index in [9.17, 15) is 14.9 Å². The number of nitro groups is 1. The van der Waals surface area contributed by atoms with Gasteiger partial charge in [0, 0.05) is 18.7 Å². The van der Waals surface area contributed by atoms with Crippen LogP contribution in [0.2, 0.25) is 0 Å². The van der Waals surface area contributed by atoms with Crippen molar-refractivity contribution in [3.05, 3.63) is 64.4 Å². The predicted molar refractivity (Wildman–Crippen MR) is 127 cm³/mol. The molecule has 0 atom stereocenters. The SMILES string of the molecule is CCOC(=O)CCN(Cc1ccco1)c1ncnc(NCc2cccc(OC)c2OC)c1[N+](=O)[O-]. The largest absolute Gasteiger partial charge is 0.493 e. The van der Waals surface area contributed by atoms with Gasteiger partial charge in [0.25, 0.3) is 0 Å². The molecule has 0 aliphatic rings. The van der Waals surface area contributed by atoms with Crippen LogP contribution in [0.4, 0.5) is 17.3 Å². The Morgan fingerprint density at radius 2 is 2.03 bits per heavy atom. The number of benzene rings is 1.